The largest absolute Gasteiger partial charge is 0.355 e. The molecule has 4 heteroatoms. The first-order chi connectivity index (χ1) is 8.69. The van der Waals surface area contributed by atoms with Gasteiger partial charge >= 0.3 is 0 Å². The van der Waals surface area contributed by atoms with Crippen molar-refractivity contribution in [2.45, 2.75) is 38.3 Å². The summed E-state index contributed by atoms with van der Waals surface area (Å²) in [6.45, 7) is 2.92. The van der Waals surface area contributed by atoms with E-state index in [2.05, 4.69) is 51.7 Å². The van der Waals surface area contributed by atoms with Gasteiger partial charge in [0.1, 0.15) is 0 Å². The van der Waals surface area contributed by atoms with Crippen LogP contribution in [0, 0.1) is 0 Å². The number of rotatable bonds is 4. The number of piperidine rings is 1. The molecule has 1 aromatic rings. The molecule has 0 aliphatic carbocycles. The van der Waals surface area contributed by atoms with Crippen LogP contribution in [0.5, 0.6) is 0 Å². The normalized spacial score (nSPS) is 21.4. The molecule has 1 saturated heterocycles. The van der Waals surface area contributed by atoms with E-state index in [4.69, 9.17) is 0 Å². The predicted octanol–water partition coefficient (Wildman–Crippen LogP) is 2.77. The van der Waals surface area contributed by atoms with Gasteiger partial charge in [-0.25, -0.2) is 0 Å². The van der Waals surface area contributed by atoms with Crippen molar-refractivity contribution in [2.24, 2.45) is 0 Å². The number of hydrogen-bond acceptors (Lipinski definition) is 2. The highest BCUT2D eigenvalue weighted by Crippen LogP contribution is 2.22. The van der Waals surface area contributed by atoms with Gasteiger partial charge in [-0.1, -0.05) is 35.0 Å². The zero-order chi connectivity index (χ0) is 13.0. The van der Waals surface area contributed by atoms with E-state index in [0.717, 1.165) is 23.9 Å². The Morgan fingerprint density at radius 3 is 3.00 bits per heavy atom. The second-order valence-corrected chi connectivity index (χ2v) is 5.64. The fraction of sp³-hybridized carbons (Fsp3) is 0.500. The van der Waals surface area contributed by atoms with Gasteiger partial charge in [0.15, 0.2) is 0 Å². The van der Waals surface area contributed by atoms with Crippen LogP contribution in [0.4, 0.5) is 0 Å². The van der Waals surface area contributed by atoms with E-state index in [9.17, 15) is 4.79 Å². The van der Waals surface area contributed by atoms with Gasteiger partial charge in [0.2, 0.25) is 5.91 Å². The Kier molecular flexibility index (Phi) is 4.78. The summed E-state index contributed by atoms with van der Waals surface area (Å²) in [7, 11) is 0. The summed E-state index contributed by atoms with van der Waals surface area (Å²) in [6, 6.07) is 9.13. The third-order valence-electron chi connectivity index (χ3n) is 3.36. The Balaban J connectivity index is 1.99. The second-order valence-electron chi connectivity index (χ2n) is 4.72. The minimum Gasteiger partial charge on any atom is -0.355 e. The number of nitrogens with one attached hydrogen (secondary N) is 2. The molecule has 1 aliphatic heterocycles. The fourth-order valence-electron chi connectivity index (χ4n) is 2.33. The average Bonchev–Trinajstić information content (AvgIpc) is 2.38. The summed E-state index contributed by atoms with van der Waals surface area (Å²) >= 11 is 3.51. The van der Waals surface area contributed by atoms with Gasteiger partial charge < -0.3 is 10.6 Å². The SMILES string of the molecule is CCC(NC1CCC(=O)NC1)c1cccc(Br)c1. The van der Waals surface area contributed by atoms with Crippen LogP contribution in [0.3, 0.4) is 0 Å². The molecule has 1 fully saturated rings. The summed E-state index contributed by atoms with van der Waals surface area (Å²) in [6.07, 6.45) is 2.60. The Morgan fingerprint density at radius 2 is 2.39 bits per heavy atom. The Morgan fingerprint density at radius 1 is 1.56 bits per heavy atom. The maximum absolute atomic E-state index is 11.1. The van der Waals surface area contributed by atoms with E-state index < -0.39 is 0 Å². The molecule has 1 aliphatic rings. The molecule has 3 nitrogen and oxygen atoms in total. The lowest BCUT2D eigenvalue weighted by molar-refractivity contribution is -0.122. The highest BCUT2D eigenvalue weighted by atomic mass is 79.9. The molecule has 2 N–H and O–H groups in total. The van der Waals surface area contributed by atoms with Crippen molar-refractivity contribution in [1.29, 1.82) is 0 Å². The summed E-state index contributed by atoms with van der Waals surface area (Å²) in [4.78, 5) is 11.1. The van der Waals surface area contributed by atoms with Crippen LogP contribution in [0.15, 0.2) is 28.7 Å². The number of carbonyl (C=O) groups excluding carboxylic acids is 1. The molecule has 98 valence electrons. The van der Waals surface area contributed by atoms with E-state index in [0.29, 0.717) is 18.5 Å². The maximum Gasteiger partial charge on any atom is 0.220 e. The lowest BCUT2D eigenvalue weighted by Crippen LogP contribution is -2.46. The van der Waals surface area contributed by atoms with Crippen LogP contribution in [-0.2, 0) is 4.79 Å². The highest BCUT2D eigenvalue weighted by molar-refractivity contribution is 9.10. The van der Waals surface area contributed by atoms with Gasteiger partial charge in [-0.05, 0) is 30.5 Å². The Bertz CT molecular complexity index is 412. The van der Waals surface area contributed by atoms with Crippen molar-refractivity contribution in [2.75, 3.05) is 6.54 Å². The van der Waals surface area contributed by atoms with Crippen LogP contribution in [0.2, 0.25) is 0 Å². The molecule has 2 atom stereocenters. The molecule has 0 spiro atoms. The first-order valence-corrected chi connectivity index (χ1v) is 7.26. The third kappa shape index (κ3) is 3.56. The van der Waals surface area contributed by atoms with Gasteiger partial charge in [0.05, 0.1) is 0 Å². The van der Waals surface area contributed by atoms with Gasteiger partial charge in [0.25, 0.3) is 0 Å². The van der Waals surface area contributed by atoms with E-state index in [1.165, 1.54) is 5.56 Å². The predicted molar refractivity (Wildman–Crippen MR) is 76.3 cm³/mol. The van der Waals surface area contributed by atoms with Crippen LogP contribution >= 0.6 is 15.9 Å². The molecular formula is C14H19BrN2O. The van der Waals surface area contributed by atoms with Gasteiger partial charge in [-0.15, -0.1) is 0 Å². The van der Waals surface area contributed by atoms with Crippen molar-refractivity contribution in [3.05, 3.63) is 34.3 Å². The summed E-state index contributed by atoms with van der Waals surface area (Å²) in [5.74, 6) is 0.170. The topological polar surface area (TPSA) is 41.1 Å². The van der Waals surface area contributed by atoms with Gasteiger partial charge in [0, 0.05) is 29.5 Å². The van der Waals surface area contributed by atoms with Gasteiger partial charge in [-0.2, -0.15) is 0 Å². The van der Waals surface area contributed by atoms with Crippen LogP contribution in [-0.4, -0.2) is 18.5 Å². The summed E-state index contributed by atoms with van der Waals surface area (Å²) in [5.41, 5.74) is 1.30. The smallest absolute Gasteiger partial charge is 0.220 e. The zero-order valence-corrected chi connectivity index (χ0v) is 12.2. The minimum absolute atomic E-state index is 0.170. The fourth-order valence-corrected chi connectivity index (χ4v) is 2.75. The lowest BCUT2D eigenvalue weighted by atomic mass is 10.0. The standard InChI is InChI=1S/C14H19BrN2O/c1-2-13(10-4-3-5-11(15)8-10)17-12-6-7-14(18)16-9-12/h3-5,8,12-13,17H,2,6-7,9H2,1H3,(H,16,18). The lowest BCUT2D eigenvalue weighted by Gasteiger charge is -2.28. The molecule has 0 saturated carbocycles. The van der Waals surface area contributed by atoms with Crippen LogP contribution < -0.4 is 10.6 Å². The number of carbonyl (C=O) groups is 1. The number of benzene rings is 1. The molecule has 0 radical (unpaired) electrons. The number of halogens is 1. The van der Waals surface area contributed by atoms with Crippen molar-refractivity contribution >= 4 is 21.8 Å². The molecule has 1 heterocycles. The van der Waals surface area contributed by atoms with E-state index in [-0.39, 0.29) is 5.91 Å². The van der Waals surface area contributed by atoms with Crippen LogP contribution in [0.25, 0.3) is 0 Å². The maximum atomic E-state index is 11.1. The second kappa shape index (κ2) is 6.34. The minimum atomic E-state index is 0.170. The highest BCUT2D eigenvalue weighted by Gasteiger charge is 2.20. The first-order valence-electron chi connectivity index (χ1n) is 6.47. The molecule has 1 amide bonds. The quantitative estimate of drug-likeness (QED) is 0.898. The van der Waals surface area contributed by atoms with Crippen molar-refractivity contribution in [1.82, 2.24) is 10.6 Å². The zero-order valence-electron chi connectivity index (χ0n) is 10.6. The number of hydrogen-bond donors (Lipinski definition) is 2. The van der Waals surface area contributed by atoms with Gasteiger partial charge in [-0.3, -0.25) is 4.79 Å². The van der Waals surface area contributed by atoms with Crippen molar-refractivity contribution in [3.63, 3.8) is 0 Å². The molecule has 2 rings (SSSR count). The molecule has 2 unspecified atom stereocenters. The molecule has 18 heavy (non-hydrogen) atoms. The first kappa shape index (κ1) is 13.6. The Hall–Kier alpha value is -0.870. The van der Waals surface area contributed by atoms with E-state index in [1.54, 1.807) is 0 Å². The monoisotopic (exact) mass is 310 g/mol. The van der Waals surface area contributed by atoms with Crippen molar-refractivity contribution < 1.29 is 4.79 Å². The average molecular weight is 311 g/mol. The molecule has 1 aromatic carbocycles. The summed E-state index contributed by atoms with van der Waals surface area (Å²) < 4.78 is 1.11. The molecule has 0 bridgehead atoms. The number of amides is 1. The van der Waals surface area contributed by atoms with Crippen LogP contribution in [0.1, 0.15) is 37.8 Å². The molecular weight excluding hydrogens is 292 g/mol. The summed E-state index contributed by atoms with van der Waals surface area (Å²) in [5, 5.41) is 6.55. The molecule has 0 aromatic heterocycles. The third-order valence-corrected chi connectivity index (χ3v) is 3.85. The van der Waals surface area contributed by atoms with Crippen molar-refractivity contribution in [3.8, 4) is 0 Å². The Labute approximate surface area is 116 Å². The van der Waals surface area contributed by atoms with E-state index >= 15 is 0 Å². The van der Waals surface area contributed by atoms with E-state index in [1.807, 2.05) is 6.07 Å².